The molecule has 3 aromatic rings. The lowest BCUT2D eigenvalue weighted by molar-refractivity contribution is 0.102. The summed E-state index contributed by atoms with van der Waals surface area (Å²) in [6, 6.07) is 12.3. The maximum absolute atomic E-state index is 13.6. The van der Waals surface area contributed by atoms with Crippen LogP contribution in [0, 0.1) is 11.6 Å². The summed E-state index contributed by atoms with van der Waals surface area (Å²) in [6.07, 6.45) is 0. The highest BCUT2D eigenvalue weighted by molar-refractivity contribution is 6.03. The normalized spacial score (nSPS) is 10.4. The average molecular weight is 327 g/mol. The second kappa shape index (κ2) is 6.41. The van der Waals surface area contributed by atoms with Gasteiger partial charge in [-0.25, -0.2) is 13.6 Å². The highest BCUT2D eigenvalue weighted by Gasteiger charge is 2.12. The van der Waals surface area contributed by atoms with E-state index < -0.39 is 23.2 Å². The molecule has 0 saturated carbocycles. The number of nitrogens with zero attached hydrogens (tertiary/aromatic N) is 1. The second-order valence-corrected chi connectivity index (χ2v) is 4.93. The Hall–Kier alpha value is -3.35. The Morgan fingerprint density at radius 2 is 1.75 bits per heavy atom. The molecule has 2 N–H and O–H groups in total. The van der Waals surface area contributed by atoms with Crippen LogP contribution in [0.1, 0.15) is 10.5 Å². The van der Waals surface area contributed by atoms with Crippen LogP contribution < -0.4 is 11.0 Å². The Morgan fingerprint density at radius 1 is 1.04 bits per heavy atom. The van der Waals surface area contributed by atoms with E-state index in [-0.39, 0.29) is 17.1 Å². The van der Waals surface area contributed by atoms with E-state index in [4.69, 9.17) is 0 Å². The van der Waals surface area contributed by atoms with Gasteiger partial charge in [0.25, 0.3) is 5.91 Å². The molecule has 24 heavy (non-hydrogen) atoms. The fourth-order valence-electron chi connectivity index (χ4n) is 2.10. The second-order valence-electron chi connectivity index (χ2n) is 4.93. The monoisotopic (exact) mass is 327 g/mol. The van der Waals surface area contributed by atoms with E-state index in [1.54, 1.807) is 6.07 Å². The molecule has 0 fully saturated rings. The van der Waals surface area contributed by atoms with Crippen molar-refractivity contribution in [1.29, 1.82) is 0 Å². The summed E-state index contributed by atoms with van der Waals surface area (Å²) < 4.78 is 26.6. The van der Waals surface area contributed by atoms with Gasteiger partial charge in [-0.2, -0.15) is 4.98 Å². The predicted molar refractivity (Wildman–Crippen MR) is 84.6 cm³/mol. The number of rotatable bonds is 3. The third kappa shape index (κ3) is 3.35. The van der Waals surface area contributed by atoms with Gasteiger partial charge in [0.05, 0.1) is 11.4 Å². The van der Waals surface area contributed by atoms with E-state index in [0.717, 1.165) is 0 Å². The number of hydrogen-bond acceptors (Lipinski definition) is 3. The number of para-hydroxylation sites is 1. The van der Waals surface area contributed by atoms with Gasteiger partial charge < -0.3 is 10.3 Å². The van der Waals surface area contributed by atoms with E-state index in [2.05, 4.69) is 15.3 Å². The smallest absolute Gasteiger partial charge is 0.318 e. The van der Waals surface area contributed by atoms with Gasteiger partial charge in [-0.1, -0.05) is 12.1 Å². The Bertz CT molecular complexity index is 953. The molecule has 1 amide bonds. The molecule has 0 aliphatic rings. The fourth-order valence-corrected chi connectivity index (χ4v) is 2.10. The number of halogens is 2. The van der Waals surface area contributed by atoms with Crippen molar-refractivity contribution < 1.29 is 13.6 Å². The minimum absolute atomic E-state index is 0.0107. The van der Waals surface area contributed by atoms with Crippen LogP contribution in [0.25, 0.3) is 11.3 Å². The standard InChI is InChI=1S/C17H11F2N3O2/c18-11-7-5-10(6-8-11)14-9-15(22-17(24)21-14)16(23)20-13-4-2-1-3-12(13)19/h1-9H,(H,20,23)(H,21,22,24). The summed E-state index contributed by atoms with van der Waals surface area (Å²) in [5.74, 6) is -1.72. The zero-order chi connectivity index (χ0) is 17.1. The first-order valence-corrected chi connectivity index (χ1v) is 6.96. The molecule has 120 valence electrons. The molecule has 0 radical (unpaired) electrons. The summed E-state index contributed by atoms with van der Waals surface area (Å²) in [6.45, 7) is 0. The third-order valence-corrected chi connectivity index (χ3v) is 3.25. The van der Waals surface area contributed by atoms with Gasteiger partial charge in [0, 0.05) is 5.56 Å². The van der Waals surface area contributed by atoms with Crippen molar-refractivity contribution in [2.24, 2.45) is 0 Å². The lowest BCUT2D eigenvalue weighted by Crippen LogP contribution is -2.21. The van der Waals surface area contributed by atoms with Crippen molar-refractivity contribution in [3.05, 3.63) is 82.4 Å². The number of nitrogens with one attached hydrogen (secondary N) is 2. The summed E-state index contributed by atoms with van der Waals surface area (Å²) >= 11 is 0. The summed E-state index contributed by atoms with van der Waals surface area (Å²) in [5.41, 5.74) is -0.156. The van der Waals surface area contributed by atoms with Crippen LogP contribution in [-0.4, -0.2) is 15.9 Å². The van der Waals surface area contributed by atoms with Crippen molar-refractivity contribution >= 4 is 11.6 Å². The van der Waals surface area contributed by atoms with Gasteiger partial charge in [0.15, 0.2) is 0 Å². The average Bonchev–Trinajstić information content (AvgIpc) is 2.57. The summed E-state index contributed by atoms with van der Waals surface area (Å²) in [5, 5.41) is 2.37. The Labute approximate surface area is 135 Å². The van der Waals surface area contributed by atoms with E-state index in [0.29, 0.717) is 5.56 Å². The largest absolute Gasteiger partial charge is 0.346 e. The highest BCUT2D eigenvalue weighted by Crippen LogP contribution is 2.18. The molecular formula is C17H11F2N3O2. The van der Waals surface area contributed by atoms with Crippen molar-refractivity contribution in [3.8, 4) is 11.3 Å². The first kappa shape index (κ1) is 15.5. The van der Waals surface area contributed by atoms with Crippen LogP contribution in [0.15, 0.2) is 59.4 Å². The van der Waals surface area contributed by atoms with Crippen LogP contribution in [0.5, 0.6) is 0 Å². The Kier molecular flexibility index (Phi) is 4.15. The minimum Gasteiger partial charge on any atom is -0.318 e. The molecular weight excluding hydrogens is 316 g/mol. The zero-order valence-corrected chi connectivity index (χ0v) is 12.2. The molecule has 1 heterocycles. The van der Waals surface area contributed by atoms with Crippen LogP contribution in [0.4, 0.5) is 14.5 Å². The van der Waals surface area contributed by atoms with Gasteiger partial charge >= 0.3 is 5.69 Å². The Morgan fingerprint density at radius 3 is 2.46 bits per heavy atom. The summed E-state index contributed by atoms with van der Waals surface area (Å²) in [4.78, 5) is 29.9. The highest BCUT2D eigenvalue weighted by atomic mass is 19.1. The third-order valence-electron chi connectivity index (χ3n) is 3.25. The number of anilines is 1. The lowest BCUT2D eigenvalue weighted by atomic mass is 10.1. The quantitative estimate of drug-likeness (QED) is 0.776. The number of carbonyl (C=O) groups excluding carboxylic acids is 1. The van der Waals surface area contributed by atoms with Crippen molar-refractivity contribution in [3.63, 3.8) is 0 Å². The van der Waals surface area contributed by atoms with Gasteiger partial charge in [0.2, 0.25) is 0 Å². The molecule has 0 bridgehead atoms. The van der Waals surface area contributed by atoms with E-state index in [9.17, 15) is 18.4 Å². The molecule has 0 saturated heterocycles. The van der Waals surface area contributed by atoms with Crippen LogP contribution in [0.3, 0.4) is 0 Å². The molecule has 2 aromatic carbocycles. The predicted octanol–water partition coefficient (Wildman–Crippen LogP) is 2.97. The fraction of sp³-hybridized carbons (Fsp3) is 0. The molecule has 5 nitrogen and oxygen atoms in total. The topological polar surface area (TPSA) is 74.8 Å². The molecule has 0 atom stereocenters. The number of amides is 1. The number of aromatic amines is 1. The molecule has 0 unspecified atom stereocenters. The number of H-pyrrole nitrogens is 1. The van der Waals surface area contributed by atoms with Gasteiger partial charge in [-0.05, 0) is 42.5 Å². The molecule has 3 rings (SSSR count). The van der Waals surface area contributed by atoms with Crippen molar-refractivity contribution in [1.82, 2.24) is 9.97 Å². The van der Waals surface area contributed by atoms with Crippen LogP contribution >= 0.6 is 0 Å². The Balaban J connectivity index is 1.94. The molecule has 0 spiro atoms. The van der Waals surface area contributed by atoms with Crippen LogP contribution in [0.2, 0.25) is 0 Å². The molecule has 0 aliphatic heterocycles. The SMILES string of the molecule is O=C(Nc1ccccc1F)c1cc(-c2ccc(F)cc2)nc(=O)[nH]1. The number of benzene rings is 2. The van der Waals surface area contributed by atoms with Crippen molar-refractivity contribution in [2.75, 3.05) is 5.32 Å². The number of carbonyl (C=O) groups is 1. The lowest BCUT2D eigenvalue weighted by Gasteiger charge is -2.07. The van der Waals surface area contributed by atoms with E-state index >= 15 is 0 Å². The van der Waals surface area contributed by atoms with E-state index in [1.807, 2.05) is 0 Å². The first-order valence-electron chi connectivity index (χ1n) is 6.96. The zero-order valence-electron chi connectivity index (χ0n) is 12.2. The van der Waals surface area contributed by atoms with Crippen LogP contribution in [-0.2, 0) is 0 Å². The number of aromatic nitrogens is 2. The summed E-state index contributed by atoms with van der Waals surface area (Å²) in [7, 11) is 0. The molecule has 7 heteroatoms. The van der Waals surface area contributed by atoms with Gasteiger partial charge in [0.1, 0.15) is 17.3 Å². The molecule has 1 aromatic heterocycles. The maximum Gasteiger partial charge on any atom is 0.346 e. The van der Waals surface area contributed by atoms with Crippen molar-refractivity contribution in [2.45, 2.75) is 0 Å². The van der Waals surface area contributed by atoms with Gasteiger partial charge in [-0.15, -0.1) is 0 Å². The number of hydrogen-bond donors (Lipinski definition) is 2. The maximum atomic E-state index is 13.6. The van der Waals surface area contributed by atoms with E-state index in [1.165, 1.54) is 48.5 Å². The first-order chi connectivity index (χ1) is 11.5. The molecule has 0 aliphatic carbocycles. The van der Waals surface area contributed by atoms with Gasteiger partial charge in [-0.3, -0.25) is 4.79 Å². The minimum atomic E-state index is -0.740.